The van der Waals surface area contributed by atoms with Crippen molar-refractivity contribution in [2.45, 2.75) is 51.9 Å². The summed E-state index contributed by atoms with van der Waals surface area (Å²) in [6.45, 7) is 10.2. The molecule has 0 saturated carbocycles. The van der Waals surface area contributed by atoms with Crippen LogP contribution in [-0.4, -0.2) is 12.1 Å². The van der Waals surface area contributed by atoms with Crippen molar-refractivity contribution in [2.75, 3.05) is 7.11 Å². The molecule has 5 heteroatoms. The van der Waals surface area contributed by atoms with Crippen LogP contribution in [0.5, 0.6) is 5.75 Å². The van der Waals surface area contributed by atoms with Gasteiger partial charge in [0.15, 0.2) is 11.6 Å². The van der Waals surface area contributed by atoms with Gasteiger partial charge in [0.1, 0.15) is 0 Å². The van der Waals surface area contributed by atoms with Crippen molar-refractivity contribution in [3.8, 4) is 5.75 Å². The Morgan fingerprint density at radius 1 is 1.00 bits per heavy atom. The lowest BCUT2D eigenvalue weighted by Crippen LogP contribution is -2.23. The van der Waals surface area contributed by atoms with Gasteiger partial charge in [0.25, 0.3) is 0 Å². The maximum absolute atomic E-state index is 14.7. The fourth-order valence-corrected chi connectivity index (χ4v) is 4.15. The van der Waals surface area contributed by atoms with Crippen molar-refractivity contribution in [1.29, 1.82) is 0 Å². The summed E-state index contributed by atoms with van der Waals surface area (Å²) in [4.78, 5) is 3.30. The molecule has 0 atom stereocenters. The smallest absolute Gasteiger partial charge is 0.200 e. The zero-order chi connectivity index (χ0) is 20.9. The maximum Gasteiger partial charge on any atom is 0.200 e. The van der Waals surface area contributed by atoms with Crippen LogP contribution < -0.4 is 4.74 Å². The summed E-state index contributed by atoms with van der Waals surface area (Å²) in [6, 6.07) is 7.10. The van der Waals surface area contributed by atoms with E-state index in [4.69, 9.17) is 16.3 Å². The van der Waals surface area contributed by atoms with Crippen molar-refractivity contribution in [3.63, 3.8) is 0 Å². The predicted octanol–water partition coefficient (Wildman–Crippen LogP) is 6.93. The highest BCUT2D eigenvalue weighted by molar-refractivity contribution is 6.32. The van der Waals surface area contributed by atoms with E-state index in [0.29, 0.717) is 17.0 Å². The van der Waals surface area contributed by atoms with Crippen LogP contribution in [0.3, 0.4) is 0 Å². The average Bonchev–Trinajstić information content (AvgIpc) is 2.96. The van der Waals surface area contributed by atoms with E-state index in [1.807, 2.05) is 26.1 Å². The lowest BCUT2D eigenvalue weighted by Gasteiger charge is -2.26. The molecule has 0 amide bonds. The first-order chi connectivity index (χ1) is 13.0. The Hall–Kier alpha value is -2.07. The van der Waals surface area contributed by atoms with Crippen LogP contribution in [0.15, 0.2) is 30.5 Å². The lowest BCUT2D eigenvalue weighted by atomic mass is 9.78. The van der Waals surface area contributed by atoms with E-state index >= 15 is 0 Å². The highest BCUT2D eigenvalue weighted by atomic mass is 35.5. The van der Waals surface area contributed by atoms with Crippen LogP contribution in [0, 0.1) is 11.6 Å². The Morgan fingerprint density at radius 3 is 2.29 bits per heavy atom. The third-order valence-corrected chi connectivity index (χ3v) is 5.60. The van der Waals surface area contributed by atoms with Gasteiger partial charge in [0.2, 0.25) is 5.82 Å². The van der Waals surface area contributed by atoms with Crippen LogP contribution in [0.25, 0.3) is 10.9 Å². The molecule has 3 aromatic rings. The van der Waals surface area contributed by atoms with Gasteiger partial charge in [-0.2, -0.15) is 4.39 Å². The van der Waals surface area contributed by atoms with E-state index in [9.17, 15) is 8.78 Å². The summed E-state index contributed by atoms with van der Waals surface area (Å²) in [5.74, 6) is -1.91. The normalized spacial score (nSPS) is 12.6. The van der Waals surface area contributed by atoms with Crippen molar-refractivity contribution in [2.24, 2.45) is 0 Å². The number of benzene rings is 2. The van der Waals surface area contributed by atoms with E-state index in [-0.39, 0.29) is 11.2 Å². The molecule has 2 aromatic carbocycles. The van der Waals surface area contributed by atoms with Gasteiger partial charge in [-0.1, -0.05) is 52.3 Å². The number of halogens is 3. The number of aromatic nitrogens is 1. The number of H-pyrrole nitrogens is 1. The molecule has 0 aliphatic rings. The number of fused-ring (bicyclic) bond motifs is 1. The SMILES string of the molecule is COc1ccc(C(C)(C)Cc2c[nH]c3cc(C(C)(C)C)c(Cl)cc23)c(F)c1F. The summed E-state index contributed by atoms with van der Waals surface area (Å²) < 4.78 is 33.7. The average molecular weight is 406 g/mol. The Labute approximate surface area is 169 Å². The van der Waals surface area contributed by atoms with Crippen LogP contribution in [0.4, 0.5) is 8.78 Å². The summed E-state index contributed by atoms with van der Waals surface area (Å²) in [5, 5.41) is 1.71. The highest BCUT2D eigenvalue weighted by Crippen LogP contribution is 2.38. The Balaban J connectivity index is 2.03. The lowest BCUT2D eigenvalue weighted by molar-refractivity contribution is 0.364. The molecule has 0 spiro atoms. The van der Waals surface area contributed by atoms with Crippen LogP contribution in [0.1, 0.15) is 51.3 Å². The van der Waals surface area contributed by atoms with Gasteiger partial charge in [-0.15, -0.1) is 0 Å². The van der Waals surface area contributed by atoms with E-state index in [1.165, 1.54) is 13.2 Å². The molecule has 0 bridgehead atoms. The number of aromatic amines is 1. The molecule has 0 radical (unpaired) electrons. The number of rotatable bonds is 4. The minimum atomic E-state index is -0.954. The third kappa shape index (κ3) is 3.62. The maximum atomic E-state index is 14.7. The number of hydrogen-bond donors (Lipinski definition) is 1. The van der Waals surface area contributed by atoms with Gasteiger partial charge < -0.3 is 9.72 Å². The molecule has 1 heterocycles. The van der Waals surface area contributed by atoms with Crippen molar-refractivity contribution in [3.05, 3.63) is 63.8 Å². The minimum Gasteiger partial charge on any atom is -0.494 e. The van der Waals surface area contributed by atoms with Crippen LogP contribution >= 0.6 is 11.6 Å². The van der Waals surface area contributed by atoms with E-state index in [0.717, 1.165) is 22.0 Å². The second-order valence-corrected chi connectivity index (χ2v) is 9.35. The number of ether oxygens (including phenoxy) is 1. The molecule has 1 aromatic heterocycles. The molecular weight excluding hydrogens is 380 g/mol. The quantitative estimate of drug-likeness (QED) is 0.500. The van der Waals surface area contributed by atoms with E-state index < -0.39 is 17.0 Å². The molecular formula is C23H26ClF2NO. The van der Waals surface area contributed by atoms with Crippen molar-refractivity contribution in [1.82, 2.24) is 4.98 Å². The van der Waals surface area contributed by atoms with Gasteiger partial charge in [-0.25, -0.2) is 4.39 Å². The zero-order valence-electron chi connectivity index (χ0n) is 17.1. The molecule has 1 N–H and O–H groups in total. The first-order valence-electron chi connectivity index (χ1n) is 9.28. The fraction of sp³-hybridized carbons (Fsp3) is 0.391. The molecule has 28 heavy (non-hydrogen) atoms. The first kappa shape index (κ1) is 20.7. The number of methoxy groups -OCH3 is 1. The van der Waals surface area contributed by atoms with E-state index in [2.05, 4.69) is 31.8 Å². The second kappa shape index (κ2) is 7.07. The Bertz CT molecular complexity index is 1030. The molecule has 0 fully saturated rings. The van der Waals surface area contributed by atoms with Gasteiger partial charge in [-0.05, 0) is 52.1 Å². The van der Waals surface area contributed by atoms with Gasteiger partial charge in [0.05, 0.1) is 7.11 Å². The Morgan fingerprint density at radius 2 is 1.68 bits per heavy atom. The molecule has 0 unspecified atom stereocenters. The standard InChI is InChI=1S/C23H26ClF2NO/c1-22(2,3)16-10-18-14(9-17(16)24)13(12-27-18)11-23(4,5)15-7-8-19(28-6)21(26)20(15)25/h7-10,12,27H,11H2,1-6H3. The molecule has 150 valence electrons. The molecule has 0 aliphatic carbocycles. The summed E-state index contributed by atoms with van der Waals surface area (Å²) in [6.07, 6.45) is 2.45. The highest BCUT2D eigenvalue weighted by Gasteiger charge is 2.29. The van der Waals surface area contributed by atoms with Gasteiger partial charge in [-0.3, -0.25) is 0 Å². The molecule has 3 rings (SSSR count). The van der Waals surface area contributed by atoms with Crippen LogP contribution in [0.2, 0.25) is 5.02 Å². The van der Waals surface area contributed by atoms with Gasteiger partial charge >= 0.3 is 0 Å². The van der Waals surface area contributed by atoms with Crippen molar-refractivity contribution >= 4 is 22.5 Å². The van der Waals surface area contributed by atoms with Crippen LogP contribution in [-0.2, 0) is 17.3 Å². The molecule has 0 saturated heterocycles. The largest absolute Gasteiger partial charge is 0.494 e. The summed E-state index contributed by atoms with van der Waals surface area (Å²) in [7, 11) is 1.32. The summed E-state index contributed by atoms with van der Waals surface area (Å²) in [5.41, 5.74) is 2.69. The zero-order valence-corrected chi connectivity index (χ0v) is 17.9. The Kier molecular flexibility index (Phi) is 5.22. The first-order valence-corrected chi connectivity index (χ1v) is 9.66. The summed E-state index contributed by atoms with van der Waals surface area (Å²) >= 11 is 6.55. The van der Waals surface area contributed by atoms with Gasteiger partial charge in [0, 0.05) is 22.1 Å². The number of nitrogens with one attached hydrogen (secondary N) is 1. The topological polar surface area (TPSA) is 25.0 Å². The van der Waals surface area contributed by atoms with Crippen molar-refractivity contribution < 1.29 is 13.5 Å². The predicted molar refractivity (Wildman–Crippen MR) is 112 cm³/mol. The monoisotopic (exact) mass is 405 g/mol. The molecule has 2 nitrogen and oxygen atoms in total. The second-order valence-electron chi connectivity index (χ2n) is 8.95. The fourth-order valence-electron chi connectivity index (χ4n) is 3.71. The molecule has 0 aliphatic heterocycles. The number of hydrogen-bond acceptors (Lipinski definition) is 1. The third-order valence-electron chi connectivity index (χ3n) is 5.29. The minimum absolute atomic E-state index is 0.0699. The van der Waals surface area contributed by atoms with E-state index in [1.54, 1.807) is 6.07 Å².